The molecule has 100 valence electrons. The van der Waals surface area contributed by atoms with Crippen LogP contribution in [-0.2, 0) is 22.5 Å². The standard InChI is InChI=1S/C14H21NO3/c1-11(10-18-3)15(2)9-13-6-4-12(5-7-13)8-14(16)17/h4-7,11H,8-10H2,1-3H3,(H,16,17). The predicted octanol–water partition coefficient (Wildman–Crippen LogP) is 1.78. The molecule has 0 radical (unpaired) electrons. The SMILES string of the molecule is COCC(C)N(C)Cc1ccc(CC(=O)O)cc1. The second-order valence-corrected chi connectivity index (χ2v) is 4.61. The molecule has 0 heterocycles. The number of carbonyl (C=O) groups is 1. The monoisotopic (exact) mass is 251 g/mol. The third-order valence-electron chi connectivity index (χ3n) is 2.97. The van der Waals surface area contributed by atoms with Crippen molar-refractivity contribution in [3.63, 3.8) is 0 Å². The zero-order chi connectivity index (χ0) is 13.5. The van der Waals surface area contributed by atoms with E-state index < -0.39 is 5.97 Å². The highest BCUT2D eigenvalue weighted by molar-refractivity contribution is 5.70. The number of carboxylic acid groups (broad SMARTS) is 1. The maximum absolute atomic E-state index is 10.6. The van der Waals surface area contributed by atoms with E-state index in [9.17, 15) is 4.79 Å². The molecule has 1 atom stereocenters. The van der Waals surface area contributed by atoms with Crippen molar-refractivity contribution in [1.82, 2.24) is 4.90 Å². The first-order valence-electron chi connectivity index (χ1n) is 6.01. The van der Waals surface area contributed by atoms with Crippen LogP contribution in [0.15, 0.2) is 24.3 Å². The van der Waals surface area contributed by atoms with Gasteiger partial charge in [-0.25, -0.2) is 0 Å². The van der Waals surface area contributed by atoms with E-state index in [0.717, 1.165) is 12.1 Å². The van der Waals surface area contributed by atoms with E-state index in [2.05, 4.69) is 18.9 Å². The van der Waals surface area contributed by atoms with E-state index in [0.29, 0.717) is 12.6 Å². The first-order chi connectivity index (χ1) is 8.52. The molecule has 1 N–H and O–H groups in total. The number of hydrogen-bond acceptors (Lipinski definition) is 3. The van der Waals surface area contributed by atoms with E-state index >= 15 is 0 Å². The highest BCUT2D eigenvalue weighted by atomic mass is 16.5. The van der Waals surface area contributed by atoms with Crippen LogP contribution in [0.4, 0.5) is 0 Å². The Morgan fingerprint density at radius 3 is 2.39 bits per heavy atom. The fourth-order valence-electron chi connectivity index (χ4n) is 1.75. The molecule has 18 heavy (non-hydrogen) atoms. The molecule has 0 aliphatic carbocycles. The van der Waals surface area contributed by atoms with Crippen molar-refractivity contribution in [2.45, 2.75) is 25.9 Å². The molecule has 4 nitrogen and oxygen atoms in total. The van der Waals surface area contributed by atoms with Crippen LogP contribution in [0.25, 0.3) is 0 Å². The van der Waals surface area contributed by atoms with Gasteiger partial charge in [-0.15, -0.1) is 0 Å². The van der Waals surface area contributed by atoms with Gasteiger partial charge in [0.15, 0.2) is 0 Å². The summed E-state index contributed by atoms with van der Waals surface area (Å²) < 4.78 is 5.12. The van der Waals surface area contributed by atoms with Crippen LogP contribution in [0.1, 0.15) is 18.1 Å². The molecule has 4 heteroatoms. The topological polar surface area (TPSA) is 49.8 Å². The molecule has 0 saturated heterocycles. The predicted molar refractivity (Wildman–Crippen MR) is 70.6 cm³/mol. The molecule has 0 spiro atoms. The molecule has 0 amide bonds. The number of benzene rings is 1. The summed E-state index contributed by atoms with van der Waals surface area (Å²) in [4.78, 5) is 12.8. The number of likely N-dealkylation sites (N-methyl/N-ethyl adjacent to an activating group) is 1. The van der Waals surface area contributed by atoms with Gasteiger partial charge in [-0.3, -0.25) is 9.69 Å². The summed E-state index contributed by atoms with van der Waals surface area (Å²) >= 11 is 0. The van der Waals surface area contributed by atoms with Gasteiger partial charge in [-0.2, -0.15) is 0 Å². The Balaban J connectivity index is 2.55. The van der Waals surface area contributed by atoms with Gasteiger partial charge in [0.25, 0.3) is 0 Å². The maximum Gasteiger partial charge on any atom is 0.307 e. The molecule has 1 rings (SSSR count). The second-order valence-electron chi connectivity index (χ2n) is 4.61. The van der Waals surface area contributed by atoms with Crippen molar-refractivity contribution >= 4 is 5.97 Å². The van der Waals surface area contributed by atoms with E-state index in [-0.39, 0.29) is 6.42 Å². The minimum Gasteiger partial charge on any atom is -0.481 e. The van der Waals surface area contributed by atoms with E-state index in [1.165, 1.54) is 5.56 Å². The zero-order valence-electron chi connectivity index (χ0n) is 11.2. The molecule has 1 unspecified atom stereocenters. The number of hydrogen-bond donors (Lipinski definition) is 1. The number of nitrogens with zero attached hydrogens (tertiary/aromatic N) is 1. The largest absolute Gasteiger partial charge is 0.481 e. The minimum absolute atomic E-state index is 0.0796. The Labute approximate surface area is 108 Å². The highest BCUT2D eigenvalue weighted by Crippen LogP contribution is 2.09. The average Bonchev–Trinajstić information content (AvgIpc) is 2.31. The third-order valence-corrected chi connectivity index (χ3v) is 2.97. The zero-order valence-corrected chi connectivity index (χ0v) is 11.2. The van der Waals surface area contributed by atoms with Crippen molar-refractivity contribution in [1.29, 1.82) is 0 Å². The van der Waals surface area contributed by atoms with Crippen LogP contribution >= 0.6 is 0 Å². The first kappa shape index (κ1) is 14.7. The van der Waals surface area contributed by atoms with Crippen molar-refractivity contribution in [2.75, 3.05) is 20.8 Å². The fourth-order valence-corrected chi connectivity index (χ4v) is 1.75. The van der Waals surface area contributed by atoms with Crippen molar-refractivity contribution < 1.29 is 14.6 Å². The van der Waals surface area contributed by atoms with Gasteiger partial charge in [-0.05, 0) is 25.1 Å². The molecule has 0 aliphatic rings. The smallest absolute Gasteiger partial charge is 0.307 e. The molecule has 0 saturated carbocycles. The quantitative estimate of drug-likeness (QED) is 0.802. The Morgan fingerprint density at radius 2 is 1.89 bits per heavy atom. The lowest BCUT2D eigenvalue weighted by Crippen LogP contribution is -2.32. The van der Waals surface area contributed by atoms with Crippen molar-refractivity contribution in [2.24, 2.45) is 0 Å². The molecule has 0 aliphatic heterocycles. The maximum atomic E-state index is 10.6. The summed E-state index contributed by atoms with van der Waals surface area (Å²) in [6.45, 7) is 3.65. The molecule has 0 bridgehead atoms. The summed E-state index contributed by atoms with van der Waals surface area (Å²) in [6.07, 6.45) is 0.0796. The lowest BCUT2D eigenvalue weighted by molar-refractivity contribution is -0.136. The van der Waals surface area contributed by atoms with Gasteiger partial charge in [0.05, 0.1) is 13.0 Å². The van der Waals surface area contributed by atoms with E-state index in [1.807, 2.05) is 24.3 Å². The van der Waals surface area contributed by atoms with Crippen molar-refractivity contribution in [3.8, 4) is 0 Å². The third kappa shape index (κ3) is 4.85. The van der Waals surface area contributed by atoms with Gasteiger partial charge < -0.3 is 9.84 Å². The van der Waals surface area contributed by atoms with Gasteiger partial charge in [-0.1, -0.05) is 24.3 Å². The van der Waals surface area contributed by atoms with Gasteiger partial charge in [0.1, 0.15) is 0 Å². The van der Waals surface area contributed by atoms with Gasteiger partial charge >= 0.3 is 5.97 Å². The number of carboxylic acids is 1. The molecular weight excluding hydrogens is 230 g/mol. The molecule has 1 aromatic rings. The lowest BCUT2D eigenvalue weighted by Gasteiger charge is -2.24. The van der Waals surface area contributed by atoms with Crippen LogP contribution in [0, 0.1) is 0 Å². The number of aliphatic carboxylic acids is 1. The first-order valence-corrected chi connectivity index (χ1v) is 6.01. The average molecular weight is 251 g/mol. The Morgan fingerprint density at radius 1 is 1.33 bits per heavy atom. The normalized spacial score (nSPS) is 12.7. The highest BCUT2D eigenvalue weighted by Gasteiger charge is 2.09. The number of rotatable bonds is 7. The van der Waals surface area contributed by atoms with Crippen LogP contribution in [0.5, 0.6) is 0 Å². The Bertz CT molecular complexity index is 375. The van der Waals surface area contributed by atoms with E-state index in [4.69, 9.17) is 9.84 Å². The van der Waals surface area contributed by atoms with Crippen molar-refractivity contribution in [3.05, 3.63) is 35.4 Å². The lowest BCUT2D eigenvalue weighted by atomic mass is 10.1. The number of ether oxygens (including phenoxy) is 1. The summed E-state index contributed by atoms with van der Waals surface area (Å²) in [5, 5.41) is 8.69. The second kappa shape index (κ2) is 7.13. The summed E-state index contributed by atoms with van der Waals surface area (Å²) in [5.74, 6) is -0.798. The van der Waals surface area contributed by atoms with Gasteiger partial charge in [0.2, 0.25) is 0 Å². The van der Waals surface area contributed by atoms with Crippen LogP contribution in [-0.4, -0.2) is 42.8 Å². The van der Waals surface area contributed by atoms with Crippen LogP contribution in [0.3, 0.4) is 0 Å². The van der Waals surface area contributed by atoms with Crippen LogP contribution < -0.4 is 0 Å². The number of methoxy groups -OCH3 is 1. The summed E-state index contributed by atoms with van der Waals surface area (Å²) in [7, 11) is 3.75. The fraction of sp³-hybridized carbons (Fsp3) is 0.500. The summed E-state index contributed by atoms with van der Waals surface area (Å²) in [5.41, 5.74) is 2.01. The molecule has 1 aromatic carbocycles. The molecular formula is C14H21NO3. The molecule has 0 aromatic heterocycles. The molecule has 0 fully saturated rings. The minimum atomic E-state index is -0.798. The van der Waals surface area contributed by atoms with Gasteiger partial charge in [0, 0.05) is 19.7 Å². The Hall–Kier alpha value is -1.39. The van der Waals surface area contributed by atoms with E-state index in [1.54, 1.807) is 7.11 Å². The van der Waals surface area contributed by atoms with Crippen LogP contribution in [0.2, 0.25) is 0 Å². The Kier molecular flexibility index (Phi) is 5.82. The summed E-state index contributed by atoms with van der Waals surface area (Å²) in [6, 6.07) is 8.06.